The molecule has 0 aliphatic heterocycles. The zero-order valence-electron chi connectivity index (χ0n) is 9.17. The van der Waals surface area contributed by atoms with Gasteiger partial charge in [-0.05, 0) is 34.9 Å². The number of fused-ring (bicyclic) bond motifs is 1. The van der Waals surface area contributed by atoms with Gasteiger partial charge in [0.15, 0.2) is 0 Å². The molecule has 0 aromatic heterocycles. The van der Waals surface area contributed by atoms with E-state index in [0.717, 1.165) is 18.4 Å². The number of rotatable bonds is 0. The van der Waals surface area contributed by atoms with Crippen molar-refractivity contribution < 1.29 is 5.11 Å². The molecule has 0 heterocycles. The zero-order chi connectivity index (χ0) is 10.3. The highest BCUT2D eigenvalue weighted by Crippen LogP contribution is 2.34. The minimum atomic E-state index is -0.223. The summed E-state index contributed by atoms with van der Waals surface area (Å²) in [6, 6.07) is 6.49. The Kier molecular flexibility index (Phi) is 2.15. The first-order valence-corrected chi connectivity index (χ1v) is 5.30. The summed E-state index contributed by atoms with van der Waals surface area (Å²) in [5.74, 6) is 0. The van der Waals surface area contributed by atoms with Crippen molar-refractivity contribution in [2.24, 2.45) is 0 Å². The molecular formula is C13H18O. The fourth-order valence-corrected chi connectivity index (χ4v) is 2.06. The van der Waals surface area contributed by atoms with Crippen LogP contribution in [0.1, 0.15) is 50.0 Å². The monoisotopic (exact) mass is 190 g/mol. The molecule has 1 unspecified atom stereocenters. The predicted octanol–water partition coefficient (Wildman–Crippen LogP) is 2.96. The summed E-state index contributed by atoms with van der Waals surface area (Å²) >= 11 is 0. The van der Waals surface area contributed by atoms with Gasteiger partial charge in [-0.1, -0.05) is 39.0 Å². The molecule has 2 rings (SSSR count). The third-order valence-corrected chi connectivity index (χ3v) is 3.06. The molecular weight excluding hydrogens is 172 g/mol. The second-order valence-corrected chi connectivity index (χ2v) is 5.22. The van der Waals surface area contributed by atoms with Crippen molar-refractivity contribution in [1.82, 2.24) is 0 Å². The summed E-state index contributed by atoms with van der Waals surface area (Å²) < 4.78 is 0. The van der Waals surface area contributed by atoms with Crippen LogP contribution >= 0.6 is 0 Å². The van der Waals surface area contributed by atoms with Crippen LogP contribution in [0.15, 0.2) is 18.2 Å². The fourth-order valence-electron chi connectivity index (χ4n) is 2.06. The van der Waals surface area contributed by atoms with E-state index in [2.05, 4.69) is 39.0 Å². The molecule has 1 nitrogen and oxygen atoms in total. The lowest BCUT2D eigenvalue weighted by Gasteiger charge is -2.20. The van der Waals surface area contributed by atoms with Gasteiger partial charge in [-0.3, -0.25) is 0 Å². The summed E-state index contributed by atoms with van der Waals surface area (Å²) in [6.07, 6.45) is 1.70. The van der Waals surface area contributed by atoms with Gasteiger partial charge >= 0.3 is 0 Å². The first-order valence-electron chi connectivity index (χ1n) is 5.30. The summed E-state index contributed by atoms with van der Waals surface area (Å²) in [6.45, 7) is 6.67. The van der Waals surface area contributed by atoms with Crippen molar-refractivity contribution in [3.63, 3.8) is 0 Å². The number of aliphatic hydroxyl groups is 1. The molecule has 1 aliphatic carbocycles. The number of hydrogen-bond donors (Lipinski definition) is 1. The molecule has 0 saturated carbocycles. The molecule has 0 amide bonds. The van der Waals surface area contributed by atoms with Crippen LogP contribution in [0.2, 0.25) is 0 Å². The van der Waals surface area contributed by atoms with E-state index < -0.39 is 0 Å². The smallest absolute Gasteiger partial charge is 0.0795 e. The van der Waals surface area contributed by atoms with Crippen LogP contribution in [-0.2, 0) is 11.8 Å². The van der Waals surface area contributed by atoms with E-state index in [4.69, 9.17) is 0 Å². The van der Waals surface area contributed by atoms with Gasteiger partial charge in [-0.25, -0.2) is 0 Å². The average Bonchev–Trinajstić information content (AvgIpc) is 2.46. The third-order valence-electron chi connectivity index (χ3n) is 3.06. The molecule has 0 fully saturated rings. The highest BCUT2D eigenvalue weighted by atomic mass is 16.3. The Balaban J connectivity index is 2.42. The highest BCUT2D eigenvalue weighted by Gasteiger charge is 2.22. The average molecular weight is 190 g/mol. The van der Waals surface area contributed by atoms with Crippen LogP contribution in [-0.4, -0.2) is 5.11 Å². The van der Waals surface area contributed by atoms with Gasteiger partial charge in [0.25, 0.3) is 0 Å². The van der Waals surface area contributed by atoms with E-state index in [1.807, 2.05) is 0 Å². The van der Waals surface area contributed by atoms with Gasteiger partial charge in [-0.2, -0.15) is 0 Å². The summed E-state index contributed by atoms with van der Waals surface area (Å²) in [4.78, 5) is 0. The minimum Gasteiger partial charge on any atom is -0.388 e. The van der Waals surface area contributed by atoms with Crippen LogP contribution in [0.5, 0.6) is 0 Å². The van der Waals surface area contributed by atoms with E-state index in [0.29, 0.717) is 0 Å². The van der Waals surface area contributed by atoms with Crippen molar-refractivity contribution in [2.75, 3.05) is 0 Å². The normalized spacial score (nSPS) is 21.0. The number of aryl methyl sites for hydroxylation is 1. The van der Waals surface area contributed by atoms with E-state index in [1.54, 1.807) is 0 Å². The maximum atomic E-state index is 9.68. The molecule has 0 bridgehead atoms. The van der Waals surface area contributed by atoms with Gasteiger partial charge in [0.05, 0.1) is 6.10 Å². The molecule has 1 atom stereocenters. The van der Waals surface area contributed by atoms with Crippen LogP contribution in [0.3, 0.4) is 0 Å². The lowest BCUT2D eigenvalue weighted by molar-refractivity contribution is 0.180. The van der Waals surface area contributed by atoms with E-state index in [9.17, 15) is 5.11 Å². The van der Waals surface area contributed by atoms with E-state index >= 15 is 0 Å². The van der Waals surface area contributed by atoms with Crippen molar-refractivity contribution >= 4 is 0 Å². The number of benzene rings is 1. The zero-order valence-corrected chi connectivity index (χ0v) is 9.17. The predicted molar refractivity (Wildman–Crippen MR) is 58.4 cm³/mol. The van der Waals surface area contributed by atoms with Gasteiger partial charge in [0, 0.05) is 0 Å². The second-order valence-electron chi connectivity index (χ2n) is 5.22. The van der Waals surface area contributed by atoms with Crippen molar-refractivity contribution in [3.05, 3.63) is 34.9 Å². The molecule has 1 aromatic carbocycles. The second kappa shape index (κ2) is 3.09. The van der Waals surface area contributed by atoms with Gasteiger partial charge in [0.2, 0.25) is 0 Å². The Morgan fingerprint density at radius 2 is 2.00 bits per heavy atom. The lowest BCUT2D eigenvalue weighted by Crippen LogP contribution is -2.11. The van der Waals surface area contributed by atoms with E-state index in [1.165, 1.54) is 11.1 Å². The Morgan fingerprint density at radius 1 is 1.29 bits per heavy atom. The first kappa shape index (κ1) is 9.72. The summed E-state index contributed by atoms with van der Waals surface area (Å²) in [5, 5.41) is 9.68. The maximum Gasteiger partial charge on any atom is 0.0795 e. The van der Waals surface area contributed by atoms with Crippen LogP contribution in [0.4, 0.5) is 0 Å². The van der Waals surface area contributed by atoms with Crippen molar-refractivity contribution in [1.29, 1.82) is 0 Å². The van der Waals surface area contributed by atoms with Crippen LogP contribution in [0.25, 0.3) is 0 Å². The molecule has 76 valence electrons. The van der Waals surface area contributed by atoms with Crippen LogP contribution in [0, 0.1) is 0 Å². The van der Waals surface area contributed by atoms with E-state index in [-0.39, 0.29) is 11.5 Å². The Labute approximate surface area is 85.8 Å². The Hall–Kier alpha value is -0.820. The van der Waals surface area contributed by atoms with Crippen molar-refractivity contribution in [3.8, 4) is 0 Å². The van der Waals surface area contributed by atoms with Crippen LogP contribution < -0.4 is 0 Å². The molecule has 1 N–H and O–H groups in total. The Bertz CT molecular complexity index is 347. The number of aliphatic hydroxyl groups excluding tert-OH is 1. The minimum absolute atomic E-state index is 0.211. The quantitative estimate of drug-likeness (QED) is 0.667. The number of hydrogen-bond acceptors (Lipinski definition) is 1. The third kappa shape index (κ3) is 1.57. The first-order chi connectivity index (χ1) is 6.48. The molecule has 0 radical (unpaired) electrons. The summed E-state index contributed by atoms with van der Waals surface area (Å²) in [5.41, 5.74) is 4.05. The SMILES string of the molecule is CC(C)(C)c1ccc2c(c1)CCC2O. The fraction of sp³-hybridized carbons (Fsp3) is 0.538. The molecule has 0 saturated heterocycles. The molecule has 1 aliphatic rings. The summed E-state index contributed by atoms with van der Waals surface area (Å²) in [7, 11) is 0. The topological polar surface area (TPSA) is 20.2 Å². The largest absolute Gasteiger partial charge is 0.388 e. The van der Waals surface area contributed by atoms with Gasteiger partial charge < -0.3 is 5.11 Å². The molecule has 1 aromatic rings. The molecule has 14 heavy (non-hydrogen) atoms. The highest BCUT2D eigenvalue weighted by molar-refractivity contribution is 5.39. The standard InChI is InChI=1S/C13H18O/c1-13(2,3)10-5-6-11-9(8-10)4-7-12(11)14/h5-6,8,12,14H,4,7H2,1-3H3. The Morgan fingerprint density at radius 3 is 2.64 bits per heavy atom. The molecule has 1 heteroatoms. The molecule has 0 spiro atoms. The lowest BCUT2D eigenvalue weighted by atomic mass is 9.85. The van der Waals surface area contributed by atoms with Crippen molar-refractivity contribution in [2.45, 2.75) is 45.1 Å². The van der Waals surface area contributed by atoms with Gasteiger partial charge in [0.1, 0.15) is 0 Å². The van der Waals surface area contributed by atoms with Gasteiger partial charge in [-0.15, -0.1) is 0 Å². The maximum absolute atomic E-state index is 9.68.